The number of thiophene rings is 1. The zero-order chi connectivity index (χ0) is 15.8. The highest BCUT2D eigenvalue weighted by atomic mass is 32.1. The molecule has 2 rings (SSSR count). The van der Waals surface area contributed by atoms with Gasteiger partial charge in [0.05, 0.1) is 19.0 Å². The summed E-state index contributed by atoms with van der Waals surface area (Å²) in [4.78, 5) is 4.95. The van der Waals surface area contributed by atoms with Crippen molar-refractivity contribution in [1.29, 1.82) is 0 Å². The highest BCUT2D eigenvalue weighted by molar-refractivity contribution is 7.11. The molecule has 1 atom stereocenters. The van der Waals surface area contributed by atoms with E-state index in [-0.39, 0.29) is 0 Å². The molecule has 5 heteroatoms. The normalized spacial score (nSPS) is 12.9. The molecule has 0 aliphatic heterocycles. The second kappa shape index (κ2) is 9.10. The predicted octanol–water partition coefficient (Wildman–Crippen LogP) is 3.44. The Bertz CT molecular complexity index is 524. The van der Waals surface area contributed by atoms with Gasteiger partial charge in [0, 0.05) is 22.8 Å². The Hall–Kier alpha value is -1.14. The fourth-order valence-corrected chi connectivity index (χ4v) is 3.32. The largest absolute Gasteiger partial charge is 0.467 e. The minimum Gasteiger partial charge on any atom is -0.467 e. The van der Waals surface area contributed by atoms with Crippen LogP contribution in [0.1, 0.15) is 28.9 Å². The van der Waals surface area contributed by atoms with Gasteiger partial charge in [0.25, 0.3) is 0 Å². The van der Waals surface area contributed by atoms with Gasteiger partial charge in [-0.2, -0.15) is 0 Å². The van der Waals surface area contributed by atoms with Gasteiger partial charge in [0.1, 0.15) is 12.4 Å². The molecule has 1 N–H and O–H groups in total. The fourth-order valence-electron chi connectivity index (χ4n) is 2.38. The van der Waals surface area contributed by atoms with Crippen molar-refractivity contribution in [3.05, 3.63) is 46.0 Å². The minimum absolute atomic E-state index is 0.324. The Morgan fingerprint density at radius 1 is 1.36 bits per heavy atom. The third-order valence-electron chi connectivity index (χ3n) is 3.32. The SMILES string of the molecule is CCCN(Cc1ccc(C)s1)C[C@@H](O)COCc1ccco1. The molecule has 0 aliphatic carbocycles. The monoisotopic (exact) mass is 323 g/mol. The summed E-state index contributed by atoms with van der Waals surface area (Å²) in [5.74, 6) is 0.784. The smallest absolute Gasteiger partial charge is 0.129 e. The van der Waals surface area contributed by atoms with E-state index in [1.54, 1.807) is 6.26 Å². The summed E-state index contributed by atoms with van der Waals surface area (Å²) in [5, 5.41) is 10.2. The van der Waals surface area contributed by atoms with Crippen molar-refractivity contribution in [2.45, 2.75) is 39.5 Å². The van der Waals surface area contributed by atoms with Crippen LogP contribution < -0.4 is 0 Å². The number of nitrogens with zero attached hydrogens (tertiary/aromatic N) is 1. The van der Waals surface area contributed by atoms with E-state index in [9.17, 15) is 5.11 Å². The molecule has 2 aromatic rings. The third kappa shape index (κ3) is 5.93. The Balaban J connectivity index is 1.74. The van der Waals surface area contributed by atoms with Crippen molar-refractivity contribution in [3.8, 4) is 0 Å². The highest BCUT2D eigenvalue weighted by Gasteiger charge is 2.13. The molecule has 0 spiro atoms. The van der Waals surface area contributed by atoms with Crippen LogP contribution >= 0.6 is 11.3 Å². The van der Waals surface area contributed by atoms with E-state index in [0.29, 0.717) is 19.8 Å². The summed E-state index contributed by atoms with van der Waals surface area (Å²) in [5.41, 5.74) is 0. The van der Waals surface area contributed by atoms with Gasteiger partial charge in [-0.05, 0) is 44.2 Å². The van der Waals surface area contributed by atoms with E-state index in [2.05, 4.69) is 30.9 Å². The molecule has 2 aromatic heterocycles. The molecule has 0 amide bonds. The summed E-state index contributed by atoms with van der Waals surface area (Å²) in [6.45, 7) is 7.51. The van der Waals surface area contributed by atoms with E-state index in [1.807, 2.05) is 23.5 Å². The standard InChI is InChI=1S/C17H25NO3S/c1-3-8-18(11-17-7-6-14(2)22-17)10-15(19)12-20-13-16-5-4-9-21-16/h4-7,9,15,19H,3,8,10-13H2,1-2H3/t15-/m1/s1. The lowest BCUT2D eigenvalue weighted by Gasteiger charge is -2.24. The molecule has 0 aromatic carbocycles. The van der Waals surface area contributed by atoms with Crippen molar-refractivity contribution in [1.82, 2.24) is 4.90 Å². The highest BCUT2D eigenvalue weighted by Crippen LogP contribution is 2.17. The predicted molar refractivity (Wildman–Crippen MR) is 89.0 cm³/mol. The van der Waals surface area contributed by atoms with Gasteiger partial charge < -0.3 is 14.3 Å². The number of hydrogen-bond donors (Lipinski definition) is 1. The molecule has 0 radical (unpaired) electrons. The van der Waals surface area contributed by atoms with Gasteiger partial charge in [0.2, 0.25) is 0 Å². The second-order valence-electron chi connectivity index (χ2n) is 5.50. The second-order valence-corrected chi connectivity index (χ2v) is 6.87. The molecular formula is C17H25NO3S. The van der Waals surface area contributed by atoms with Crippen LogP contribution in [0.25, 0.3) is 0 Å². The van der Waals surface area contributed by atoms with Crippen LogP contribution in [0.2, 0.25) is 0 Å². The van der Waals surface area contributed by atoms with Gasteiger partial charge in [0.15, 0.2) is 0 Å². The maximum Gasteiger partial charge on any atom is 0.129 e. The van der Waals surface area contributed by atoms with Gasteiger partial charge in [-0.1, -0.05) is 6.92 Å². The van der Waals surface area contributed by atoms with Crippen molar-refractivity contribution >= 4 is 11.3 Å². The number of aliphatic hydroxyl groups excluding tert-OH is 1. The summed E-state index contributed by atoms with van der Waals surface area (Å²) in [6, 6.07) is 8.02. The summed E-state index contributed by atoms with van der Waals surface area (Å²) in [6.07, 6.45) is 2.22. The topological polar surface area (TPSA) is 45.8 Å². The molecule has 0 aliphatic rings. The lowest BCUT2D eigenvalue weighted by Crippen LogP contribution is -2.34. The van der Waals surface area contributed by atoms with Crippen molar-refractivity contribution in [3.63, 3.8) is 0 Å². The number of furan rings is 1. The average molecular weight is 323 g/mol. The Morgan fingerprint density at radius 2 is 2.23 bits per heavy atom. The molecule has 22 heavy (non-hydrogen) atoms. The Labute approximate surface area is 136 Å². The van der Waals surface area contributed by atoms with Crippen LogP contribution in [0.15, 0.2) is 34.9 Å². The van der Waals surface area contributed by atoms with Crippen LogP contribution in [-0.4, -0.2) is 35.8 Å². The van der Waals surface area contributed by atoms with Crippen molar-refractivity contribution < 1.29 is 14.3 Å². The van der Waals surface area contributed by atoms with E-state index in [4.69, 9.17) is 9.15 Å². The van der Waals surface area contributed by atoms with Crippen LogP contribution in [0.4, 0.5) is 0 Å². The maximum absolute atomic E-state index is 10.2. The van der Waals surface area contributed by atoms with Gasteiger partial charge >= 0.3 is 0 Å². The van der Waals surface area contributed by atoms with Crippen molar-refractivity contribution in [2.75, 3.05) is 19.7 Å². The van der Waals surface area contributed by atoms with Gasteiger partial charge in [-0.25, -0.2) is 0 Å². The first-order chi connectivity index (χ1) is 10.7. The fraction of sp³-hybridized carbons (Fsp3) is 0.529. The van der Waals surface area contributed by atoms with E-state index in [0.717, 1.165) is 25.3 Å². The zero-order valence-corrected chi connectivity index (χ0v) is 14.1. The molecule has 122 valence electrons. The number of hydrogen-bond acceptors (Lipinski definition) is 5. The van der Waals surface area contributed by atoms with Crippen LogP contribution in [0, 0.1) is 6.92 Å². The molecule has 0 bridgehead atoms. The van der Waals surface area contributed by atoms with Crippen LogP contribution in [-0.2, 0) is 17.9 Å². The molecule has 0 saturated carbocycles. The van der Waals surface area contributed by atoms with E-state index < -0.39 is 6.10 Å². The Kier molecular flexibility index (Phi) is 7.12. The van der Waals surface area contributed by atoms with Gasteiger partial charge in [-0.15, -0.1) is 11.3 Å². The molecule has 4 nitrogen and oxygen atoms in total. The minimum atomic E-state index is -0.484. The number of ether oxygens (including phenoxy) is 1. The number of aryl methyl sites for hydroxylation is 1. The lowest BCUT2D eigenvalue weighted by atomic mass is 10.3. The number of rotatable bonds is 10. The van der Waals surface area contributed by atoms with E-state index >= 15 is 0 Å². The molecule has 2 heterocycles. The quantitative estimate of drug-likeness (QED) is 0.727. The maximum atomic E-state index is 10.2. The molecule has 0 unspecified atom stereocenters. The van der Waals surface area contributed by atoms with Crippen molar-refractivity contribution in [2.24, 2.45) is 0 Å². The average Bonchev–Trinajstić information content (AvgIpc) is 3.11. The van der Waals surface area contributed by atoms with Crippen LogP contribution in [0.3, 0.4) is 0 Å². The lowest BCUT2D eigenvalue weighted by molar-refractivity contribution is 0.00401. The first kappa shape index (κ1) is 17.2. The van der Waals surface area contributed by atoms with Gasteiger partial charge in [-0.3, -0.25) is 4.90 Å². The third-order valence-corrected chi connectivity index (χ3v) is 4.30. The number of aliphatic hydroxyl groups is 1. The zero-order valence-electron chi connectivity index (χ0n) is 13.3. The first-order valence-electron chi connectivity index (χ1n) is 7.73. The first-order valence-corrected chi connectivity index (χ1v) is 8.55. The van der Waals surface area contributed by atoms with E-state index in [1.165, 1.54) is 9.75 Å². The van der Waals surface area contributed by atoms with Crippen LogP contribution in [0.5, 0.6) is 0 Å². The summed E-state index contributed by atoms with van der Waals surface area (Å²) >= 11 is 1.82. The summed E-state index contributed by atoms with van der Waals surface area (Å²) < 4.78 is 10.7. The molecule has 0 saturated heterocycles. The summed E-state index contributed by atoms with van der Waals surface area (Å²) in [7, 11) is 0. The molecule has 0 fully saturated rings. The molecular weight excluding hydrogens is 298 g/mol. The Morgan fingerprint density at radius 3 is 2.86 bits per heavy atom.